The molecule has 0 saturated heterocycles. The zero-order valence-corrected chi connectivity index (χ0v) is 12.8. The lowest BCUT2D eigenvalue weighted by molar-refractivity contribution is 0.128. The van der Waals surface area contributed by atoms with Gasteiger partial charge in [0.15, 0.2) is 5.82 Å². The van der Waals surface area contributed by atoms with Crippen molar-refractivity contribution in [2.75, 3.05) is 24.3 Å². The van der Waals surface area contributed by atoms with Crippen LogP contribution >= 0.6 is 0 Å². The van der Waals surface area contributed by atoms with E-state index in [1.54, 1.807) is 0 Å². The molecule has 1 aromatic rings. The van der Waals surface area contributed by atoms with Crippen molar-refractivity contribution in [2.45, 2.75) is 38.8 Å². The molecule has 3 aliphatic carbocycles. The molecule has 114 valence electrons. The van der Waals surface area contributed by atoms with Gasteiger partial charge >= 0.3 is 0 Å². The van der Waals surface area contributed by atoms with E-state index in [1.807, 2.05) is 20.0 Å². The standard InChI is InChI=1S/C16H24N4O/c1-3-21-8-13-18-11(17-2)7-12(19-13)20-16-14-9-4-5-10(6-9)15(14)16/h7,9-10,14-16H,3-6,8H2,1-2H3,(H2,17,18,19,20). The molecular weight excluding hydrogens is 264 g/mol. The molecule has 21 heavy (non-hydrogen) atoms. The highest BCUT2D eigenvalue weighted by Gasteiger charge is 2.65. The summed E-state index contributed by atoms with van der Waals surface area (Å²) >= 11 is 0. The fourth-order valence-electron chi connectivity index (χ4n) is 4.65. The zero-order chi connectivity index (χ0) is 14.4. The van der Waals surface area contributed by atoms with Gasteiger partial charge in [-0.3, -0.25) is 0 Å². The Morgan fingerprint density at radius 3 is 2.57 bits per heavy atom. The number of anilines is 2. The van der Waals surface area contributed by atoms with E-state index in [9.17, 15) is 0 Å². The van der Waals surface area contributed by atoms with Crippen LogP contribution in [-0.2, 0) is 11.3 Å². The first-order chi connectivity index (χ1) is 10.3. The Morgan fingerprint density at radius 1 is 1.19 bits per heavy atom. The Kier molecular flexibility index (Phi) is 3.25. The van der Waals surface area contributed by atoms with Crippen LogP contribution in [0.1, 0.15) is 32.0 Å². The highest BCUT2D eigenvalue weighted by molar-refractivity contribution is 5.49. The summed E-state index contributed by atoms with van der Waals surface area (Å²) < 4.78 is 5.43. The van der Waals surface area contributed by atoms with Crippen molar-refractivity contribution in [3.8, 4) is 0 Å². The summed E-state index contributed by atoms with van der Waals surface area (Å²) in [5, 5.41) is 6.78. The number of aromatic nitrogens is 2. The molecular formula is C16H24N4O. The molecule has 0 amide bonds. The van der Waals surface area contributed by atoms with Crippen molar-refractivity contribution in [1.82, 2.24) is 9.97 Å². The predicted octanol–water partition coefficient (Wildman–Crippen LogP) is 2.51. The predicted molar refractivity (Wildman–Crippen MR) is 82.1 cm³/mol. The Balaban J connectivity index is 1.47. The van der Waals surface area contributed by atoms with E-state index in [4.69, 9.17) is 4.74 Å². The topological polar surface area (TPSA) is 59.1 Å². The van der Waals surface area contributed by atoms with Crippen LogP contribution in [0.25, 0.3) is 0 Å². The first-order valence-corrected chi connectivity index (χ1v) is 8.20. The Bertz CT molecular complexity index is 519. The van der Waals surface area contributed by atoms with Crippen molar-refractivity contribution in [3.63, 3.8) is 0 Å². The maximum Gasteiger partial charge on any atom is 0.158 e. The lowest BCUT2D eigenvalue weighted by Gasteiger charge is -2.13. The van der Waals surface area contributed by atoms with Crippen molar-refractivity contribution in [2.24, 2.45) is 23.7 Å². The van der Waals surface area contributed by atoms with E-state index in [-0.39, 0.29) is 0 Å². The first kappa shape index (κ1) is 13.3. The average Bonchev–Trinajstić information content (AvgIpc) is 2.89. The summed E-state index contributed by atoms with van der Waals surface area (Å²) in [6.45, 7) is 3.15. The van der Waals surface area contributed by atoms with E-state index >= 15 is 0 Å². The van der Waals surface area contributed by atoms with Gasteiger partial charge in [-0.25, -0.2) is 9.97 Å². The third-order valence-electron chi connectivity index (χ3n) is 5.51. The quantitative estimate of drug-likeness (QED) is 0.842. The summed E-state index contributed by atoms with van der Waals surface area (Å²) in [6, 6.07) is 2.65. The van der Waals surface area contributed by atoms with Gasteiger partial charge < -0.3 is 15.4 Å². The smallest absolute Gasteiger partial charge is 0.158 e. The largest absolute Gasteiger partial charge is 0.374 e. The van der Waals surface area contributed by atoms with Gasteiger partial charge in [-0.05, 0) is 49.9 Å². The molecule has 4 atom stereocenters. The van der Waals surface area contributed by atoms with Gasteiger partial charge in [-0.2, -0.15) is 0 Å². The van der Waals surface area contributed by atoms with E-state index in [0.29, 0.717) is 19.3 Å². The zero-order valence-electron chi connectivity index (χ0n) is 12.8. The molecule has 5 nitrogen and oxygen atoms in total. The number of nitrogens with one attached hydrogen (secondary N) is 2. The first-order valence-electron chi connectivity index (χ1n) is 8.20. The van der Waals surface area contributed by atoms with Crippen LogP contribution in [0.2, 0.25) is 0 Å². The fourth-order valence-corrected chi connectivity index (χ4v) is 4.65. The SMILES string of the molecule is CCOCc1nc(NC)cc(NC2C3C4CCC(C4)C23)n1. The summed E-state index contributed by atoms with van der Waals surface area (Å²) in [5.74, 6) is 6.33. The third kappa shape index (κ3) is 2.27. The van der Waals surface area contributed by atoms with Crippen LogP contribution in [0.4, 0.5) is 11.6 Å². The normalized spacial score (nSPS) is 35.6. The number of fused-ring (bicyclic) bond motifs is 5. The minimum atomic E-state index is 0.476. The van der Waals surface area contributed by atoms with E-state index in [2.05, 4.69) is 20.6 Å². The second-order valence-corrected chi connectivity index (χ2v) is 6.60. The number of rotatable bonds is 6. The number of hydrogen-bond acceptors (Lipinski definition) is 5. The highest BCUT2D eigenvalue weighted by atomic mass is 16.5. The lowest BCUT2D eigenvalue weighted by atomic mass is 10.0. The molecule has 0 spiro atoms. The van der Waals surface area contributed by atoms with Crippen molar-refractivity contribution in [3.05, 3.63) is 11.9 Å². The average molecular weight is 288 g/mol. The monoisotopic (exact) mass is 288 g/mol. The molecule has 3 aliphatic rings. The second kappa shape index (κ2) is 5.13. The summed E-state index contributed by atoms with van der Waals surface area (Å²) in [5.41, 5.74) is 0. The molecule has 2 N–H and O–H groups in total. The van der Waals surface area contributed by atoms with Gasteiger partial charge in [0, 0.05) is 25.8 Å². The Morgan fingerprint density at radius 2 is 1.90 bits per heavy atom. The van der Waals surface area contributed by atoms with Crippen molar-refractivity contribution >= 4 is 11.6 Å². The van der Waals surface area contributed by atoms with E-state index < -0.39 is 0 Å². The van der Waals surface area contributed by atoms with Gasteiger partial charge in [-0.1, -0.05) is 0 Å². The molecule has 3 saturated carbocycles. The van der Waals surface area contributed by atoms with Gasteiger partial charge in [0.1, 0.15) is 18.2 Å². The minimum absolute atomic E-state index is 0.476. The van der Waals surface area contributed by atoms with Gasteiger partial charge in [0.25, 0.3) is 0 Å². The van der Waals surface area contributed by atoms with E-state index in [1.165, 1.54) is 19.3 Å². The maximum absolute atomic E-state index is 5.43. The molecule has 1 heterocycles. The molecule has 1 aromatic heterocycles. The highest BCUT2D eigenvalue weighted by Crippen LogP contribution is 2.66. The molecule has 0 aliphatic heterocycles. The van der Waals surface area contributed by atoms with Crippen molar-refractivity contribution < 1.29 is 4.74 Å². The second-order valence-electron chi connectivity index (χ2n) is 6.60. The molecule has 4 unspecified atom stereocenters. The van der Waals surface area contributed by atoms with E-state index in [0.717, 1.165) is 41.1 Å². The third-order valence-corrected chi connectivity index (χ3v) is 5.51. The van der Waals surface area contributed by atoms with Crippen LogP contribution < -0.4 is 10.6 Å². The lowest BCUT2D eigenvalue weighted by Crippen LogP contribution is -2.15. The maximum atomic E-state index is 5.43. The van der Waals surface area contributed by atoms with Crippen molar-refractivity contribution in [1.29, 1.82) is 0 Å². The molecule has 5 heteroatoms. The molecule has 2 bridgehead atoms. The summed E-state index contributed by atoms with van der Waals surface area (Å²) in [7, 11) is 1.89. The molecule has 0 aromatic carbocycles. The van der Waals surface area contributed by atoms with Crippen LogP contribution in [-0.4, -0.2) is 29.7 Å². The number of hydrogen-bond donors (Lipinski definition) is 2. The van der Waals surface area contributed by atoms with Gasteiger partial charge in [0.05, 0.1) is 0 Å². The van der Waals surface area contributed by atoms with Crippen LogP contribution in [0.15, 0.2) is 6.07 Å². The number of ether oxygens (including phenoxy) is 1. The minimum Gasteiger partial charge on any atom is -0.374 e. The fraction of sp³-hybridized carbons (Fsp3) is 0.750. The van der Waals surface area contributed by atoms with Gasteiger partial charge in [0.2, 0.25) is 0 Å². The van der Waals surface area contributed by atoms with Crippen LogP contribution in [0.3, 0.4) is 0 Å². The van der Waals surface area contributed by atoms with Crippen LogP contribution in [0, 0.1) is 23.7 Å². The molecule has 4 rings (SSSR count). The number of nitrogens with zero attached hydrogens (tertiary/aromatic N) is 2. The Labute approximate surface area is 125 Å². The Hall–Kier alpha value is -1.36. The molecule has 0 radical (unpaired) electrons. The summed E-state index contributed by atoms with van der Waals surface area (Å²) in [4.78, 5) is 9.05. The summed E-state index contributed by atoms with van der Waals surface area (Å²) in [6.07, 6.45) is 4.38. The molecule has 3 fully saturated rings. The van der Waals surface area contributed by atoms with Crippen LogP contribution in [0.5, 0.6) is 0 Å². The van der Waals surface area contributed by atoms with Gasteiger partial charge in [-0.15, -0.1) is 0 Å².